The summed E-state index contributed by atoms with van der Waals surface area (Å²) in [5, 5.41) is 8.86. The van der Waals surface area contributed by atoms with E-state index in [9.17, 15) is 4.79 Å². The normalized spacial score (nSPS) is 17.2. The van der Waals surface area contributed by atoms with E-state index in [1.165, 1.54) is 0 Å². The molecule has 3 rings (SSSR count). The Kier molecular flexibility index (Phi) is 5.96. The smallest absolute Gasteiger partial charge is 0.341 e. The zero-order chi connectivity index (χ0) is 19.6. The summed E-state index contributed by atoms with van der Waals surface area (Å²) in [6.45, 7) is 11.3. The van der Waals surface area contributed by atoms with Crippen LogP contribution < -0.4 is 5.32 Å². The summed E-state index contributed by atoms with van der Waals surface area (Å²) in [4.78, 5) is 21.7. The number of hydrogen-bond donors (Lipinski definition) is 1. The minimum Gasteiger partial charge on any atom is -0.462 e. The molecule has 1 atom stereocenters. The minimum absolute atomic E-state index is 0.333. The lowest BCUT2D eigenvalue weighted by atomic mass is 10.1. The Bertz CT molecular complexity index is 810. The maximum absolute atomic E-state index is 12.5. The van der Waals surface area contributed by atoms with Crippen LogP contribution in [0.15, 0.2) is 6.20 Å². The predicted molar refractivity (Wildman–Crippen MR) is 106 cm³/mol. The first-order valence-corrected chi connectivity index (χ1v) is 9.58. The quantitative estimate of drug-likeness (QED) is 0.768. The number of nitrogens with zero attached hydrogens (tertiary/aromatic N) is 5. The van der Waals surface area contributed by atoms with Gasteiger partial charge in [0.1, 0.15) is 5.56 Å². The van der Waals surface area contributed by atoms with Gasteiger partial charge in [0.2, 0.25) is 0 Å². The molecule has 148 valence electrons. The largest absolute Gasteiger partial charge is 0.462 e. The molecule has 1 saturated heterocycles. The number of anilines is 1. The highest BCUT2D eigenvalue weighted by Gasteiger charge is 2.23. The topological polar surface area (TPSA) is 75.5 Å². The van der Waals surface area contributed by atoms with E-state index in [-0.39, 0.29) is 5.97 Å². The summed E-state index contributed by atoms with van der Waals surface area (Å²) in [5.74, 6) is -0.357. The molecule has 1 aliphatic rings. The second-order valence-corrected chi connectivity index (χ2v) is 7.24. The number of aromatic nitrogens is 3. The van der Waals surface area contributed by atoms with Crippen molar-refractivity contribution in [1.29, 1.82) is 0 Å². The highest BCUT2D eigenvalue weighted by molar-refractivity contribution is 6.05. The molecule has 8 nitrogen and oxygen atoms in total. The molecule has 0 aliphatic carbocycles. The Morgan fingerprint density at radius 2 is 2.00 bits per heavy atom. The lowest BCUT2D eigenvalue weighted by Crippen LogP contribution is -2.49. The molecule has 1 unspecified atom stereocenters. The van der Waals surface area contributed by atoms with E-state index in [0.717, 1.165) is 55.1 Å². The molecule has 0 radical (unpaired) electrons. The van der Waals surface area contributed by atoms with Crippen LogP contribution in [0.3, 0.4) is 0 Å². The van der Waals surface area contributed by atoms with Gasteiger partial charge in [-0.1, -0.05) is 0 Å². The van der Waals surface area contributed by atoms with Crippen LogP contribution in [-0.2, 0) is 11.8 Å². The molecule has 0 saturated carbocycles. The Morgan fingerprint density at radius 1 is 1.30 bits per heavy atom. The van der Waals surface area contributed by atoms with Gasteiger partial charge in [0.15, 0.2) is 5.65 Å². The van der Waals surface area contributed by atoms with Crippen molar-refractivity contribution in [3.8, 4) is 0 Å². The molecular weight excluding hydrogens is 344 g/mol. The average molecular weight is 374 g/mol. The first kappa shape index (κ1) is 19.6. The third-order valence-corrected chi connectivity index (χ3v) is 5.26. The number of pyridine rings is 1. The van der Waals surface area contributed by atoms with Gasteiger partial charge in [0.05, 0.1) is 23.4 Å². The first-order chi connectivity index (χ1) is 12.9. The number of ether oxygens (including phenoxy) is 1. The lowest BCUT2D eigenvalue weighted by molar-refractivity contribution is 0.0527. The number of hydrogen-bond acceptors (Lipinski definition) is 7. The number of esters is 1. The van der Waals surface area contributed by atoms with Crippen LogP contribution in [-0.4, -0.2) is 83.0 Å². The second kappa shape index (κ2) is 8.22. The molecule has 0 spiro atoms. The first-order valence-electron chi connectivity index (χ1n) is 9.58. The molecule has 1 N–H and O–H groups in total. The number of nitrogens with one attached hydrogen (secondary N) is 1. The number of carbonyl (C=O) groups excluding carboxylic acids is 1. The monoisotopic (exact) mass is 374 g/mol. The third-order valence-electron chi connectivity index (χ3n) is 5.26. The molecule has 1 fully saturated rings. The van der Waals surface area contributed by atoms with Crippen molar-refractivity contribution >= 4 is 22.7 Å². The minimum atomic E-state index is -0.357. The molecule has 27 heavy (non-hydrogen) atoms. The van der Waals surface area contributed by atoms with Gasteiger partial charge < -0.3 is 15.0 Å². The number of fused-ring (bicyclic) bond motifs is 1. The van der Waals surface area contributed by atoms with E-state index in [4.69, 9.17) is 4.74 Å². The highest BCUT2D eigenvalue weighted by atomic mass is 16.5. The Balaban J connectivity index is 1.86. The van der Waals surface area contributed by atoms with Crippen molar-refractivity contribution < 1.29 is 9.53 Å². The van der Waals surface area contributed by atoms with E-state index in [1.807, 2.05) is 20.9 Å². The van der Waals surface area contributed by atoms with Crippen molar-refractivity contribution in [3.05, 3.63) is 17.5 Å². The van der Waals surface area contributed by atoms with Gasteiger partial charge in [-0.15, -0.1) is 0 Å². The van der Waals surface area contributed by atoms with Crippen molar-refractivity contribution in [2.45, 2.75) is 26.8 Å². The number of aryl methyl sites for hydroxylation is 2. The van der Waals surface area contributed by atoms with E-state index in [2.05, 4.69) is 39.2 Å². The predicted octanol–water partition coefficient (Wildman–Crippen LogP) is 1.50. The standard InChI is InChI=1S/C19H30N6O2/c1-6-27-19(26)15-12-21-18-16(14(3)22-24(18)5)17(15)20-11-13(2)25-9-7-23(4)8-10-25/h12-13H,6-11H2,1-5H3,(H,20,21). The van der Waals surface area contributed by atoms with Gasteiger partial charge in [-0.05, 0) is 27.8 Å². The summed E-state index contributed by atoms with van der Waals surface area (Å²) in [6, 6.07) is 0.355. The molecule has 0 bridgehead atoms. The molecule has 1 aliphatic heterocycles. The fraction of sp³-hybridized carbons (Fsp3) is 0.632. The fourth-order valence-corrected chi connectivity index (χ4v) is 3.60. The summed E-state index contributed by atoms with van der Waals surface area (Å²) in [6.07, 6.45) is 1.59. The zero-order valence-electron chi connectivity index (χ0n) is 16.9. The van der Waals surface area contributed by atoms with Crippen LogP contribution in [0.4, 0.5) is 5.69 Å². The number of rotatable bonds is 6. The van der Waals surface area contributed by atoms with Gasteiger partial charge in [0, 0.05) is 52.0 Å². The summed E-state index contributed by atoms with van der Waals surface area (Å²) in [7, 11) is 4.02. The molecule has 0 aromatic carbocycles. The SMILES string of the molecule is CCOC(=O)c1cnc2c(c(C)nn2C)c1NCC(C)N1CCN(C)CC1. The maximum Gasteiger partial charge on any atom is 0.341 e. The highest BCUT2D eigenvalue weighted by Crippen LogP contribution is 2.29. The van der Waals surface area contributed by atoms with Gasteiger partial charge >= 0.3 is 5.97 Å². The Morgan fingerprint density at radius 3 is 2.67 bits per heavy atom. The van der Waals surface area contributed by atoms with Crippen LogP contribution in [0.1, 0.15) is 29.9 Å². The van der Waals surface area contributed by atoms with Crippen LogP contribution in [0, 0.1) is 6.92 Å². The van der Waals surface area contributed by atoms with Crippen molar-refractivity contribution in [2.75, 3.05) is 51.7 Å². The molecule has 3 heterocycles. The van der Waals surface area contributed by atoms with Crippen LogP contribution in [0.5, 0.6) is 0 Å². The van der Waals surface area contributed by atoms with Gasteiger partial charge in [-0.3, -0.25) is 9.58 Å². The number of likely N-dealkylation sites (N-methyl/N-ethyl adjacent to an activating group) is 1. The van der Waals surface area contributed by atoms with E-state index in [0.29, 0.717) is 18.2 Å². The van der Waals surface area contributed by atoms with E-state index in [1.54, 1.807) is 10.9 Å². The van der Waals surface area contributed by atoms with E-state index >= 15 is 0 Å². The maximum atomic E-state index is 12.5. The van der Waals surface area contributed by atoms with E-state index < -0.39 is 0 Å². The summed E-state index contributed by atoms with van der Waals surface area (Å²) in [5.41, 5.74) is 2.84. The Labute approximate surface area is 160 Å². The van der Waals surface area contributed by atoms with Crippen LogP contribution in [0.25, 0.3) is 11.0 Å². The molecule has 2 aromatic rings. The van der Waals surface area contributed by atoms with Crippen LogP contribution in [0.2, 0.25) is 0 Å². The lowest BCUT2D eigenvalue weighted by Gasteiger charge is -2.36. The van der Waals surface area contributed by atoms with Gasteiger partial charge in [-0.2, -0.15) is 5.10 Å². The van der Waals surface area contributed by atoms with Crippen LogP contribution >= 0.6 is 0 Å². The van der Waals surface area contributed by atoms with Gasteiger partial charge in [-0.25, -0.2) is 9.78 Å². The molecule has 2 aromatic heterocycles. The Hall–Kier alpha value is -2.19. The summed E-state index contributed by atoms with van der Waals surface area (Å²) < 4.78 is 6.98. The van der Waals surface area contributed by atoms with Crippen molar-refractivity contribution in [3.63, 3.8) is 0 Å². The average Bonchev–Trinajstić information content (AvgIpc) is 2.94. The third kappa shape index (κ3) is 4.06. The van der Waals surface area contributed by atoms with Crippen molar-refractivity contribution in [1.82, 2.24) is 24.6 Å². The van der Waals surface area contributed by atoms with Gasteiger partial charge in [0.25, 0.3) is 0 Å². The van der Waals surface area contributed by atoms with Crippen molar-refractivity contribution in [2.24, 2.45) is 7.05 Å². The second-order valence-electron chi connectivity index (χ2n) is 7.24. The number of piperazine rings is 1. The zero-order valence-corrected chi connectivity index (χ0v) is 16.9. The molecule has 0 amide bonds. The summed E-state index contributed by atoms with van der Waals surface area (Å²) >= 11 is 0. The number of carbonyl (C=O) groups is 1. The molecular formula is C19H30N6O2. The fourth-order valence-electron chi connectivity index (χ4n) is 3.60. The molecule has 8 heteroatoms.